The number of halogens is 1. The van der Waals surface area contributed by atoms with Crippen LogP contribution in [0.2, 0.25) is 5.02 Å². The van der Waals surface area contributed by atoms with Gasteiger partial charge in [-0.3, -0.25) is 4.79 Å². The van der Waals surface area contributed by atoms with E-state index in [1.54, 1.807) is 47.4 Å². The number of aromatic nitrogens is 1. The van der Waals surface area contributed by atoms with E-state index < -0.39 is 0 Å². The van der Waals surface area contributed by atoms with Gasteiger partial charge in [-0.1, -0.05) is 37.2 Å². The van der Waals surface area contributed by atoms with Crippen LogP contribution in [0, 0.1) is 5.92 Å². The molecular formula is C18H17ClN2OS2. The smallest absolute Gasteiger partial charge is 0.255 e. The van der Waals surface area contributed by atoms with Crippen molar-refractivity contribution in [1.29, 1.82) is 0 Å². The van der Waals surface area contributed by atoms with Gasteiger partial charge in [0, 0.05) is 22.0 Å². The molecule has 0 atom stereocenters. The maximum absolute atomic E-state index is 12.3. The normalized spacial score (nSPS) is 11.2. The predicted molar refractivity (Wildman–Crippen MR) is 105 cm³/mol. The number of carbonyl (C=O) groups excluding carboxylic acids is 1. The predicted octanol–water partition coefficient (Wildman–Crippen LogP) is 5.95. The number of benzene rings is 2. The van der Waals surface area contributed by atoms with E-state index in [-0.39, 0.29) is 5.91 Å². The average Bonchev–Trinajstić information content (AvgIpc) is 2.95. The number of nitrogens with one attached hydrogen (secondary N) is 1. The van der Waals surface area contributed by atoms with Crippen molar-refractivity contribution in [2.45, 2.75) is 18.2 Å². The molecule has 0 bridgehead atoms. The van der Waals surface area contributed by atoms with Crippen LogP contribution in [0.25, 0.3) is 10.2 Å². The minimum atomic E-state index is -0.148. The van der Waals surface area contributed by atoms with Crippen molar-refractivity contribution < 1.29 is 4.79 Å². The Hall–Kier alpha value is -1.56. The maximum Gasteiger partial charge on any atom is 0.255 e. The third-order valence-electron chi connectivity index (χ3n) is 3.27. The highest BCUT2D eigenvalue weighted by atomic mass is 35.5. The maximum atomic E-state index is 12.3. The lowest BCUT2D eigenvalue weighted by Gasteiger charge is -2.05. The molecule has 0 spiro atoms. The van der Waals surface area contributed by atoms with Crippen LogP contribution in [0.1, 0.15) is 24.2 Å². The van der Waals surface area contributed by atoms with E-state index in [1.807, 2.05) is 18.2 Å². The Morgan fingerprint density at radius 3 is 2.71 bits per heavy atom. The van der Waals surface area contributed by atoms with Crippen molar-refractivity contribution in [2.75, 3.05) is 11.1 Å². The van der Waals surface area contributed by atoms with Crippen LogP contribution in [0.5, 0.6) is 0 Å². The molecule has 1 aromatic heterocycles. The second-order valence-electron chi connectivity index (χ2n) is 5.83. The van der Waals surface area contributed by atoms with Crippen molar-refractivity contribution >= 4 is 56.5 Å². The number of thioether (sulfide) groups is 1. The zero-order valence-corrected chi connectivity index (χ0v) is 15.8. The minimum absolute atomic E-state index is 0.148. The Balaban J connectivity index is 1.75. The second kappa shape index (κ2) is 7.55. The second-order valence-corrected chi connectivity index (χ2v) is 8.56. The van der Waals surface area contributed by atoms with Gasteiger partial charge in [-0.25, -0.2) is 4.98 Å². The summed E-state index contributed by atoms with van der Waals surface area (Å²) in [6.45, 7) is 4.40. The Bertz CT molecular complexity index is 859. The van der Waals surface area contributed by atoms with Crippen LogP contribution in [-0.4, -0.2) is 16.6 Å². The first-order chi connectivity index (χ1) is 11.5. The van der Waals surface area contributed by atoms with Crippen LogP contribution in [0.3, 0.4) is 0 Å². The van der Waals surface area contributed by atoms with Gasteiger partial charge in [-0.05, 0) is 48.4 Å². The van der Waals surface area contributed by atoms with E-state index in [9.17, 15) is 4.79 Å². The van der Waals surface area contributed by atoms with Crippen molar-refractivity contribution in [3.63, 3.8) is 0 Å². The highest BCUT2D eigenvalue weighted by Gasteiger charge is 2.09. The van der Waals surface area contributed by atoms with Crippen LogP contribution in [0.4, 0.5) is 5.69 Å². The van der Waals surface area contributed by atoms with Gasteiger partial charge < -0.3 is 5.32 Å². The largest absolute Gasteiger partial charge is 0.322 e. The number of hydrogen-bond acceptors (Lipinski definition) is 4. The topological polar surface area (TPSA) is 42.0 Å². The molecule has 124 valence electrons. The number of amides is 1. The number of rotatable bonds is 5. The van der Waals surface area contributed by atoms with Crippen molar-refractivity contribution in [3.8, 4) is 0 Å². The van der Waals surface area contributed by atoms with Crippen LogP contribution < -0.4 is 5.32 Å². The monoisotopic (exact) mass is 376 g/mol. The average molecular weight is 377 g/mol. The Labute approximate surface area is 154 Å². The van der Waals surface area contributed by atoms with E-state index in [1.165, 1.54) is 0 Å². The summed E-state index contributed by atoms with van der Waals surface area (Å²) in [4.78, 5) is 16.9. The van der Waals surface area contributed by atoms with Gasteiger partial charge in [-0.15, -0.1) is 11.3 Å². The third-order valence-corrected chi connectivity index (χ3v) is 6.11. The molecule has 0 aliphatic carbocycles. The molecule has 0 aliphatic rings. The van der Waals surface area contributed by atoms with Crippen molar-refractivity contribution in [2.24, 2.45) is 5.92 Å². The zero-order valence-electron chi connectivity index (χ0n) is 13.4. The molecule has 0 radical (unpaired) electrons. The van der Waals surface area contributed by atoms with Gasteiger partial charge in [0.15, 0.2) is 4.34 Å². The van der Waals surface area contributed by atoms with Gasteiger partial charge in [-0.2, -0.15) is 0 Å². The summed E-state index contributed by atoms with van der Waals surface area (Å²) in [5.74, 6) is 1.54. The number of thiazole rings is 1. The Morgan fingerprint density at radius 2 is 2.00 bits per heavy atom. The summed E-state index contributed by atoms with van der Waals surface area (Å²) in [6.07, 6.45) is 0. The number of anilines is 1. The van der Waals surface area contributed by atoms with E-state index in [2.05, 4.69) is 24.1 Å². The molecular weight excluding hydrogens is 360 g/mol. The molecule has 3 aromatic rings. The number of fused-ring (bicyclic) bond motifs is 1. The van der Waals surface area contributed by atoms with E-state index in [0.29, 0.717) is 16.5 Å². The minimum Gasteiger partial charge on any atom is -0.322 e. The lowest BCUT2D eigenvalue weighted by Crippen LogP contribution is -2.11. The summed E-state index contributed by atoms with van der Waals surface area (Å²) in [5.41, 5.74) is 2.32. The van der Waals surface area contributed by atoms with Crippen LogP contribution in [0.15, 0.2) is 46.8 Å². The molecule has 2 aromatic carbocycles. The van der Waals surface area contributed by atoms with Crippen molar-refractivity contribution in [1.82, 2.24) is 4.98 Å². The third kappa shape index (κ3) is 4.29. The van der Waals surface area contributed by atoms with Gasteiger partial charge in [0.1, 0.15) is 0 Å². The molecule has 24 heavy (non-hydrogen) atoms. The summed E-state index contributed by atoms with van der Waals surface area (Å²) in [5, 5.41) is 3.53. The molecule has 0 fully saturated rings. The lowest BCUT2D eigenvalue weighted by atomic mass is 10.2. The van der Waals surface area contributed by atoms with Gasteiger partial charge in [0.05, 0.1) is 10.2 Å². The summed E-state index contributed by atoms with van der Waals surface area (Å²) in [6, 6.07) is 12.6. The zero-order chi connectivity index (χ0) is 17.1. The van der Waals surface area contributed by atoms with Gasteiger partial charge >= 0.3 is 0 Å². The van der Waals surface area contributed by atoms with Crippen LogP contribution in [-0.2, 0) is 0 Å². The Morgan fingerprint density at radius 1 is 1.25 bits per heavy atom. The Kier molecular flexibility index (Phi) is 5.43. The highest BCUT2D eigenvalue weighted by molar-refractivity contribution is 8.01. The summed E-state index contributed by atoms with van der Waals surface area (Å²) in [7, 11) is 0. The quantitative estimate of drug-likeness (QED) is 0.559. The van der Waals surface area contributed by atoms with Gasteiger partial charge in [0.2, 0.25) is 0 Å². The first-order valence-electron chi connectivity index (χ1n) is 7.61. The standard InChI is InChI=1S/C18H17ClN2OS2/c1-11(2)10-23-18-21-15-8-7-14(9-16(15)24-18)20-17(22)12-3-5-13(19)6-4-12/h3-9,11H,10H2,1-2H3,(H,20,22). The number of carbonyl (C=O) groups is 1. The molecule has 0 aliphatic heterocycles. The fourth-order valence-corrected chi connectivity index (χ4v) is 4.30. The molecule has 1 N–H and O–H groups in total. The fourth-order valence-electron chi connectivity index (χ4n) is 2.09. The molecule has 0 saturated carbocycles. The number of nitrogens with zero attached hydrogens (tertiary/aromatic N) is 1. The molecule has 0 saturated heterocycles. The van der Waals surface area contributed by atoms with E-state index in [4.69, 9.17) is 11.6 Å². The fraction of sp³-hybridized carbons (Fsp3) is 0.222. The molecule has 0 unspecified atom stereocenters. The van der Waals surface area contributed by atoms with Crippen LogP contribution >= 0.6 is 34.7 Å². The first-order valence-corrected chi connectivity index (χ1v) is 9.79. The molecule has 1 amide bonds. The first kappa shape index (κ1) is 17.3. The van der Waals surface area contributed by atoms with E-state index >= 15 is 0 Å². The lowest BCUT2D eigenvalue weighted by molar-refractivity contribution is 0.102. The summed E-state index contributed by atoms with van der Waals surface area (Å²) >= 11 is 9.29. The molecule has 3 rings (SSSR count). The van der Waals surface area contributed by atoms with E-state index in [0.717, 1.165) is 26.0 Å². The van der Waals surface area contributed by atoms with Crippen molar-refractivity contribution in [3.05, 3.63) is 53.1 Å². The molecule has 3 nitrogen and oxygen atoms in total. The molecule has 1 heterocycles. The molecule has 6 heteroatoms. The highest BCUT2D eigenvalue weighted by Crippen LogP contribution is 2.32. The van der Waals surface area contributed by atoms with Gasteiger partial charge in [0.25, 0.3) is 5.91 Å². The summed E-state index contributed by atoms with van der Waals surface area (Å²) < 4.78 is 2.15. The number of hydrogen-bond donors (Lipinski definition) is 1. The SMILES string of the molecule is CC(C)CSc1nc2ccc(NC(=O)c3ccc(Cl)cc3)cc2s1.